The molecule has 0 saturated heterocycles. The molecule has 8 atom stereocenters. The molecule has 0 amide bonds. The number of aliphatic hydroxyl groups is 5. The maximum atomic E-state index is 12.9. The van der Waals surface area contributed by atoms with Crippen LogP contribution in [0.5, 0.6) is 0 Å². The normalized spacial score (nSPS) is 21.2. The Morgan fingerprint density at radius 3 is 1.23 bits per heavy atom. The van der Waals surface area contributed by atoms with Crippen molar-refractivity contribution in [3.8, 4) is 0 Å². The van der Waals surface area contributed by atoms with Gasteiger partial charge in [-0.15, -0.1) is 0 Å². The molecule has 69 heavy (non-hydrogen) atoms. The molecule has 0 spiro atoms. The van der Waals surface area contributed by atoms with Crippen molar-refractivity contribution in [1.29, 1.82) is 0 Å². The molecule has 14 heteroatoms. The number of carbonyl (C=O) groups is 2. The molecule has 6 N–H and O–H groups in total. The first-order valence-electron chi connectivity index (χ1n) is 27.4. The van der Waals surface area contributed by atoms with Gasteiger partial charge in [0, 0.05) is 12.8 Å². The summed E-state index contributed by atoms with van der Waals surface area (Å²) in [6.07, 6.45) is 41.7. The molecule has 0 aromatic heterocycles. The van der Waals surface area contributed by atoms with Crippen LogP contribution in [0.1, 0.15) is 232 Å². The van der Waals surface area contributed by atoms with Gasteiger partial charge in [-0.2, -0.15) is 0 Å². The van der Waals surface area contributed by atoms with Crippen molar-refractivity contribution in [2.24, 2.45) is 0 Å². The number of esters is 2. The highest BCUT2D eigenvalue weighted by Crippen LogP contribution is 2.47. The number of ether oxygens (including phenoxy) is 2. The first kappa shape index (κ1) is 64.8. The Bertz CT molecular complexity index is 1390. The van der Waals surface area contributed by atoms with Gasteiger partial charge in [-0.1, -0.05) is 217 Å². The molecular formula is C55H99O13P. The minimum Gasteiger partial charge on any atom is -0.462 e. The highest BCUT2D eigenvalue weighted by Gasteiger charge is 2.51. The van der Waals surface area contributed by atoms with Gasteiger partial charge in [0.25, 0.3) is 0 Å². The number of aliphatic hydroxyl groups excluding tert-OH is 5. The Kier molecular flexibility index (Phi) is 41.8. The number of carbonyl (C=O) groups excluding carboxylic acids is 2. The quantitative estimate of drug-likeness (QED) is 0.0145. The molecule has 0 bridgehead atoms. The average Bonchev–Trinajstić information content (AvgIpc) is 3.33. The largest absolute Gasteiger partial charge is 0.472 e. The fourth-order valence-electron chi connectivity index (χ4n) is 8.28. The summed E-state index contributed by atoms with van der Waals surface area (Å²) in [5.41, 5.74) is 0. The van der Waals surface area contributed by atoms with E-state index in [4.69, 9.17) is 18.5 Å². The Morgan fingerprint density at radius 2 is 0.797 bits per heavy atom. The van der Waals surface area contributed by atoms with Crippen LogP contribution in [0.15, 0.2) is 48.6 Å². The smallest absolute Gasteiger partial charge is 0.462 e. The van der Waals surface area contributed by atoms with E-state index in [1.54, 1.807) is 0 Å². The fraction of sp³-hybridized carbons (Fsp3) is 0.818. The molecule has 6 unspecified atom stereocenters. The second-order valence-corrected chi connectivity index (χ2v) is 20.5. The van der Waals surface area contributed by atoms with Gasteiger partial charge >= 0.3 is 19.8 Å². The SMILES string of the molecule is CCCCCCCCC/C=C/C/C=C/C/C=C/C/C=C/CCCC(=O)O[C@H](COC(=O)CCCCCCCCCCCCCCCCCCCCC)COP(=O)(O)OC1C(O)C(O)C(O)[C@@H](O)C1O. The van der Waals surface area contributed by atoms with Crippen LogP contribution in [0, 0.1) is 0 Å². The topological polar surface area (TPSA) is 210 Å². The summed E-state index contributed by atoms with van der Waals surface area (Å²) < 4.78 is 33.6. The van der Waals surface area contributed by atoms with E-state index in [0.717, 1.165) is 44.9 Å². The molecule has 402 valence electrons. The molecule has 1 fully saturated rings. The van der Waals surface area contributed by atoms with Crippen molar-refractivity contribution in [3.05, 3.63) is 48.6 Å². The molecule has 0 aromatic carbocycles. The number of rotatable bonds is 46. The molecule has 1 aliphatic carbocycles. The summed E-state index contributed by atoms with van der Waals surface area (Å²) in [6.45, 7) is 3.29. The van der Waals surface area contributed by atoms with Gasteiger partial charge in [-0.25, -0.2) is 4.57 Å². The predicted octanol–water partition coefficient (Wildman–Crippen LogP) is 12.3. The standard InChI is InChI=1S/C55H99O13P/c1-3-5-7-9-11-13-15-17-19-21-23-24-26-28-30-32-34-36-38-40-42-44-49(57)67-47(46-66-69(63,64)68-55-53(61)51(59)50(58)52(60)54(55)62)45-65-48(56)43-41-39-37-35-33-31-29-27-25-22-20-18-16-14-12-10-8-6-4-2/h19,21,24,26,30,32,36,38,47,50-55,58-62H,3-18,20,22-23,25,27-29,31,33-35,37,39-46H2,1-2H3,(H,63,64)/b21-19+,26-24+,32-30+,38-36+/t47-,50?,51-,52?,53?,54?,55?/m1/s1. The van der Waals surface area contributed by atoms with Gasteiger partial charge in [0.2, 0.25) is 0 Å². The van der Waals surface area contributed by atoms with E-state index < -0.39 is 75.7 Å². The van der Waals surface area contributed by atoms with Gasteiger partial charge in [0.15, 0.2) is 6.10 Å². The van der Waals surface area contributed by atoms with E-state index in [0.29, 0.717) is 19.3 Å². The number of hydrogen-bond acceptors (Lipinski definition) is 12. The molecule has 1 rings (SSSR count). The van der Waals surface area contributed by atoms with E-state index in [2.05, 4.69) is 50.3 Å². The van der Waals surface area contributed by atoms with Crippen LogP contribution in [-0.4, -0.2) is 98.3 Å². The van der Waals surface area contributed by atoms with Crippen LogP contribution in [0.2, 0.25) is 0 Å². The molecule has 0 aliphatic heterocycles. The summed E-state index contributed by atoms with van der Waals surface area (Å²) in [4.78, 5) is 35.9. The third-order valence-electron chi connectivity index (χ3n) is 12.7. The van der Waals surface area contributed by atoms with Gasteiger partial charge in [0.05, 0.1) is 6.61 Å². The Morgan fingerprint density at radius 1 is 0.449 bits per heavy atom. The van der Waals surface area contributed by atoms with Gasteiger partial charge in [-0.05, 0) is 51.4 Å². The molecule has 13 nitrogen and oxygen atoms in total. The van der Waals surface area contributed by atoms with Crippen molar-refractivity contribution in [1.82, 2.24) is 0 Å². The van der Waals surface area contributed by atoms with Gasteiger partial charge in [-0.3, -0.25) is 18.6 Å². The third kappa shape index (κ3) is 36.4. The summed E-state index contributed by atoms with van der Waals surface area (Å²) >= 11 is 0. The van der Waals surface area contributed by atoms with E-state index >= 15 is 0 Å². The van der Waals surface area contributed by atoms with Crippen molar-refractivity contribution in [2.45, 2.75) is 275 Å². The number of phosphoric acid groups is 1. The predicted molar refractivity (Wildman–Crippen MR) is 276 cm³/mol. The van der Waals surface area contributed by atoms with Crippen molar-refractivity contribution < 1.29 is 63.1 Å². The van der Waals surface area contributed by atoms with Crippen molar-refractivity contribution >= 4 is 19.8 Å². The monoisotopic (exact) mass is 999 g/mol. The summed E-state index contributed by atoms with van der Waals surface area (Å²) in [7, 11) is -5.14. The van der Waals surface area contributed by atoms with E-state index in [1.807, 2.05) is 12.2 Å². The highest BCUT2D eigenvalue weighted by atomic mass is 31.2. The minimum atomic E-state index is -5.14. The molecule has 0 heterocycles. The van der Waals surface area contributed by atoms with Crippen LogP contribution in [0.4, 0.5) is 0 Å². The van der Waals surface area contributed by atoms with Crippen LogP contribution >= 0.6 is 7.82 Å². The summed E-state index contributed by atoms with van der Waals surface area (Å²) in [5, 5.41) is 50.3. The van der Waals surface area contributed by atoms with Crippen LogP contribution in [0.25, 0.3) is 0 Å². The minimum absolute atomic E-state index is 0.0219. The Labute approximate surface area is 418 Å². The summed E-state index contributed by atoms with van der Waals surface area (Å²) in [5.74, 6) is -1.16. The second-order valence-electron chi connectivity index (χ2n) is 19.1. The number of allylic oxidation sites excluding steroid dienone is 8. The van der Waals surface area contributed by atoms with Crippen LogP contribution < -0.4 is 0 Å². The van der Waals surface area contributed by atoms with E-state index in [9.17, 15) is 44.6 Å². The van der Waals surface area contributed by atoms with E-state index in [-0.39, 0.29) is 12.8 Å². The zero-order valence-electron chi connectivity index (χ0n) is 43.1. The lowest BCUT2D eigenvalue weighted by atomic mass is 9.85. The Balaban J connectivity index is 2.41. The summed E-state index contributed by atoms with van der Waals surface area (Å²) in [6, 6.07) is 0. The van der Waals surface area contributed by atoms with Crippen molar-refractivity contribution in [3.63, 3.8) is 0 Å². The number of unbranched alkanes of at least 4 members (excludes halogenated alkanes) is 26. The Hall–Kier alpha value is -2.19. The molecule has 1 aliphatic rings. The van der Waals surface area contributed by atoms with E-state index in [1.165, 1.54) is 141 Å². The lowest BCUT2D eigenvalue weighted by Crippen LogP contribution is -2.64. The molecule has 0 aromatic rings. The third-order valence-corrected chi connectivity index (χ3v) is 13.7. The highest BCUT2D eigenvalue weighted by molar-refractivity contribution is 7.47. The van der Waals surface area contributed by atoms with Gasteiger partial charge in [0.1, 0.15) is 43.2 Å². The zero-order valence-corrected chi connectivity index (χ0v) is 44.0. The number of hydrogen-bond donors (Lipinski definition) is 6. The first-order valence-corrected chi connectivity index (χ1v) is 28.9. The lowest BCUT2D eigenvalue weighted by Gasteiger charge is -2.41. The van der Waals surface area contributed by atoms with Crippen LogP contribution in [-0.2, 0) is 32.7 Å². The molecular weight excluding hydrogens is 900 g/mol. The fourth-order valence-corrected chi connectivity index (χ4v) is 9.25. The van der Waals surface area contributed by atoms with Crippen LogP contribution in [0.3, 0.4) is 0 Å². The average molecular weight is 999 g/mol. The zero-order chi connectivity index (χ0) is 50.6. The molecule has 0 radical (unpaired) electrons. The number of phosphoric ester groups is 1. The lowest BCUT2D eigenvalue weighted by molar-refractivity contribution is -0.220. The van der Waals surface area contributed by atoms with Gasteiger partial charge < -0.3 is 39.9 Å². The van der Waals surface area contributed by atoms with Crippen molar-refractivity contribution in [2.75, 3.05) is 13.2 Å². The maximum Gasteiger partial charge on any atom is 0.472 e. The first-order chi connectivity index (χ1) is 33.4. The molecule has 1 saturated carbocycles. The second kappa shape index (κ2) is 44.5. The maximum absolute atomic E-state index is 12.9.